The number of benzene rings is 2. The van der Waals surface area contributed by atoms with Gasteiger partial charge in [-0.05, 0) is 54.8 Å². The van der Waals surface area contributed by atoms with E-state index in [-0.39, 0.29) is 5.82 Å². The van der Waals surface area contributed by atoms with Crippen molar-refractivity contribution in [1.29, 1.82) is 0 Å². The number of hydrogen-bond donors (Lipinski definition) is 1. The van der Waals surface area contributed by atoms with Crippen LogP contribution >= 0.6 is 0 Å². The average molecular weight is 284 g/mol. The van der Waals surface area contributed by atoms with Crippen molar-refractivity contribution in [3.05, 3.63) is 59.4 Å². The molecule has 2 nitrogen and oxygen atoms in total. The van der Waals surface area contributed by atoms with E-state index in [1.807, 2.05) is 6.07 Å². The Hall–Kier alpha value is -1.87. The van der Waals surface area contributed by atoms with Crippen LogP contribution in [0, 0.1) is 5.82 Å². The molecule has 1 aliphatic rings. The van der Waals surface area contributed by atoms with Crippen LogP contribution in [0.5, 0.6) is 0 Å². The maximum absolute atomic E-state index is 13.6. The molecular weight excluding hydrogens is 263 g/mol. The van der Waals surface area contributed by atoms with Crippen LogP contribution in [0.2, 0.25) is 0 Å². The maximum atomic E-state index is 13.6. The highest BCUT2D eigenvalue weighted by Gasteiger charge is 2.21. The first-order valence-corrected chi connectivity index (χ1v) is 7.64. The highest BCUT2D eigenvalue weighted by molar-refractivity contribution is 5.72. The Morgan fingerprint density at radius 2 is 2.00 bits per heavy atom. The standard InChI is InChI=1S/C18H21FN2/c1-2-10-20-13-15-12-16(19)7-8-18(15)21-11-9-14-5-3-4-6-17(14)21/h3-8,12,20H,2,9-11,13H2,1H3. The van der Waals surface area contributed by atoms with E-state index in [1.165, 1.54) is 11.3 Å². The van der Waals surface area contributed by atoms with E-state index in [4.69, 9.17) is 0 Å². The van der Waals surface area contributed by atoms with Gasteiger partial charge in [0.15, 0.2) is 0 Å². The molecule has 1 N–H and O–H groups in total. The second-order valence-electron chi connectivity index (χ2n) is 5.48. The van der Waals surface area contributed by atoms with E-state index in [0.717, 1.165) is 37.2 Å². The fraction of sp³-hybridized carbons (Fsp3) is 0.333. The molecule has 110 valence electrons. The lowest BCUT2D eigenvalue weighted by Crippen LogP contribution is -2.19. The molecule has 0 saturated carbocycles. The molecule has 2 aromatic carbocycles. The molecule has 2 aromatic rings. The summed E-state index contributed by atoms with van der Waals surface area (Å²) in [6.45, 7) is 4.76. The molecule has 3 heteroatoms. The first kappa shape index (κ1) is 14.1. The summed E-state index contributed by atoms with van der Waals surface area (Å²) in [6, 6.07) is 13.6. The van der Waals surface area contributed by atoms with Gasteiger partial charge < -0.3 is 10.2 Å². The fourth-order valence-electron chi connectivity index (χ4n) is 2.95. The summed E-state index contributed by atoms with van der Waals surface area (Å²) in [5.74, 6) is -0.167. The Balaban J connectivity index is 1.92. The molecule has 0 aromatic heterocycles. The number of nitrogens with zero attached hydrogens (tertiary/aromatic N) is 1. The summed E-state index contributed by atoms with van der Waals surface area (Å²) in [5, 5.41) is 3.37. The molecule has 0 saturated heterocycles. The van der Waals surface area contributed by atoms with Crippen molar-refractivity contribution in [2.45, 2.75) is 26.3 Å². The summed E-state index contributed by atoms with van der Waals surface area (Å²) in [6.07, 6.45) is 2.13. The van der Waals surface area contributed by atoms with Gasteiger partial charge in [-0.15, -0.1) is 0 Å². The highest BCUT2D eigenvalue weighted by atomic mass is 19.1. The minimum absolute atomic E-state index is 0.167. The monoisotopic (exact) mass is 284 g/mol. The normalized spacial score (nSPS) is 13.5. The molecule has 0 spiro atoms. The molecule has 1 heterocycles. The summed E-state index contributed by atoms with van der Waals surface area (Å²) >= 11 is 0. The summed E-state index contributed by atoms with van der Waals surface area (Å²) in [4.78, 5) is 2.30. The lowest BCUT2D eigenvalue weighted by atomic mass is 10.1. The molecular formula is C18H21FN2. The zero-order valence-corrected chi connectivity index (χ0v) is 12.4. The Morgan fingerprint density at radius 3 is 2.86 bits per heavy atom. The van der Waals surface area contributed by atoms with E-state index >= 15 is 0 Å². The minimum atomic E-state index is -0.167. The quantitative estimate of drug-likeness (QED) is 0.834. The predicted octanol–water partition coefficient (Wildman–Crippen LogP) is 4.02. The Kier molecular flexibility index (Phi) is 4.20. The smallest absolute Gasteiger partial charge is 0.123 e. The molecule has 0 unspecified atom stereocenters. The maximum Gasteiger partial charge on any atom is 0.123 e. The Labute approximate surface area is 125 Å². The van der Waals surface area contributed by atoms with E-state index in [9.17, 15) is 4.39 Å². The van der Waals surface area contributed by atoms with Gasteiger partial charge in [-0.25, -0.2) is 4.39 Å². The average Bonchev–Trinajstić information content (AvgIpc) is 2.92. The van der Waals surface area contributed by atoms with Crippen LogP contribution in [0.1, 0.15) is 24.5 Å². The number of hydrogen-bond acceptors (Lipinski definition) is 2. The van der Waals surface area contributed by atoms with Gasteiger partial charge >= 0.3 is 0 Å². The first-order valence-electron chi connectivity index (χ1n) is 7.64. The zero-order chi connectivity index (χ0) is 14.7. The van der Waals surface area contributed by atoms with Gasteiger partial charge in [0.2, 0.25) is 0 Å². The highest BCUT2D eigenvalue weighted by Crippen LogP contribution is 2.36. The second-order valence-corrected chi connectivity index (χ2v) is 5.48. The van der Waals surface area contributed by atoms with E-state index < -0.39 is 0 Å². The van der Waals surface area contributed by atoms with Crippen molar-refractivity contribution < 1.29 is 4.39 Å². The van der Waals surface area contributed by atoms with Crippen LogP contribution in [-0.4, -0.2) is 13.1 Å². The molecule has 1 aliphatic heterocycles. The van der Waals surface area contributed by atoms with Crippen LogP contribution in [-0.2, 0) is 13.0 Å². The molecule has 0 fully saturated rings. The van der Waals surface area contributed by atoms with Gasteiger partial charge in [-0.2, -0.15) is 0 Å². The van der Waals surface area contributed by atoms with E-state index in [0.29, 0.717) is 6.54 Å². The van der Waals surface area contributed by atoms with Crippen molar-refractivity contribution in [2.24, 2.45) is 0 Å². The van der Waals surface area contributed by atoms with Gasteiger partial charge in [-0.1, -0.05) is 25.1 Å². The molecule has 0 bridgehead atoms. The lowest BCUT2D eigenvalue weighted by Gasteiger charge is -2.23. The van der Waals surface area contributed by atoms with Crippen molar-refractivity contribution >= 4 is 11.4 Å². The molecule has 0 amide bonds. The third kappa shape index (κ3) is 2.93. The number of anilines is 2. The van der Waals surface area contributed by atoms with E-state index in [2.05, 4.69) is 41.4 Å². The largest absolute Gasteiger partial charge is 0.341 e. The third-order valence-corrected chi connectivity index (χ3v) is 3.96. The number of fused-ring (bicyclic) bond motifs is 1. The van der Waals surface area contributed by atoms with Crippen LogP contribution in [0.15, 0.2) is 42.5 Å². The van der Waals surface area contributed by atoms with Gasteiger partial charge in [0, 0.05) is 24.5 Å². The molecule has 21 heavy (non-hydrogen) atoms. The van der Waals surface area contributed by atoms with Crippen LogP contribution in [0.3, 0.4) is 0 Å². The van der Waals surface area contributed by atoms with Gasteiger partial charge in [0.25, 0.3) is 0 Å². The Morgan fingerprint density at radius 1 is 1.14 bits per heavy atom. The second kappa shape index (κ2) is 6.27. The van der Waals surface area contributed by atoms with Crippen LogP contribution in [0.4, 0.5) is 15.8 Å². The number of rotatable bonds is 5. The van der Waals surface area contributed by atoms with Crippen LogP contribution in [0.25, 0.3) is 0 Å². The molecule has 0 aliphatic carbocycles. The van der Waals surface area contributed by atoms with Gasteiger partial charge in [-0.3, -0.25) is 0 Å². The lowest BCUT2D eigenvalue weighted by molar-refractivity contribution is 0.619. The topological polar surface area (TPSA) is 15.3 Å². The van der Waals surface area contributed by atoms with Crippen molar-refractivity contribution in [3.8, 4) is 0 Å². The Bertz CT molecular complexity index is 624. The molecule has 0 atom stereocenters. The van der Waals surface area contributed by atoms with E-state index in [1.54, 1.807) is 12.1 Å². The number of halogens is 1. The molecule has 3 rings (SSSR count). The van der Waals surface area contributed by atoms with Gasteiger partial charge in [0.05, 0.1) is 0 Å². The van der Waals surface area contributed by atoms with Crippen molar-refractivity contribution in [2.75, 3.05) is 18.0 Å². The zero-order valence-electron chi connectivity index (χ0n) is 12.4. The van der Waals surface area contributed by atoms with Gasteiger partial charge in [0.1, 0.15) is 5.82 Å². The number of nitrogens with one attached hydrogen (secondary N) is 1. The number of para-hydroxylation sites is 1. The summed E-state index contributed by atoms with van der Waals surface area (Å²) in [7, 11) is 0. The molecule has 0 radical (unpaired) electrons. The minimum Gasteiger partial charge on any atom is -0.341 e. The van der Waals surface area contributed by atoms with Crippen LogP contribution < -0.4 is 10.2 Å². The third-order valence-electron chi connectivity index (χ3n) is 3.96. The first-order chi connectivity index (χ1) is 10.3. The van der Waals surface area contributed by atoms with Crippen molar-refractivity contribution in [3.63, 3.8) is 0 Å². The summed E-state index contributed by atoms with van der Waals surface area (Å²) < 4.78 is 13.6. The summed E-state index contributed by atoms with van der Waals surface area (Å²) in [5.41, 5.74) is 4.76. The SMILES string of the molecule is CCCNCc1cc(F)ccc1N1CCc2ccccc21. The predicted molar refractivity (Wildman–Crippen MR) is 85.5 cm³/mol. The van der Waals surface area contributed by atoms with Crippen molar-refractivity contribution in [1.82, 2.24) is 5.32 Å². The fourth-order valence-corrected chi connectivity index (χ4v) is 2.95.